The maximum atomic E-state index is 6.60. The summed E-state index contributed by atoms with van der Waals surface area (Å²) in [6.45, 7) is 2.08. The molecule has 5 nitrogen and oxygen atoms in total. The number of benzene rings is 2. The lowest BCUT2D eigenvalue weighted by Gasteiger charge is -2.32. The Labute approximate surface area is 159 Å². The second-order valence-electron chi connectivity index (χ2n) is 7.07. The molecule has 1 aromatic heterocycles. The molecular weight excluding hydrogens is 334 g/mol. The monoisotopic (exact) mass is 359 g/mol. The molecule has 5 N–H and O–H groups in total. The fourth-order valence-electron chi connectivity index (χ4n) is 3.46. The van der Waals surface area contributed by atoms with Crippen LogP contribution in [0.15, 0.2) is 78.1 Å². The first kappa shape index (κ1) is 17.4. The van der Waals surface area contributed by atoms with Crippen LogP contribution in [0.1, 0.15) is 30.5 Å². The lowest BCUT2D eigenvalue weighted by molar-refractivity contribution is 0.439. The van der Waals surface area contributed by atoms with Crippen LogP contribution >= 0.6 is 0 Å². The van der Waals surface area contributed by atoms with Gasteiger partial charge in [0.1, 0.15) is 5.66 Å². The Kier molecular flexibility index (Phi) is 4.69. The van der Waals surface area contributed by atoms with Gasteiger partial charge in [-0.3, -0.25) is 0 Å². The number of aromatic nitrogens is 1. The molecule has 1 aliphatic heterocycles. The number of aryl methyl sites for hydroxylation is 1. The number of fused-ring (bicyclic) bond motifs is 1. The average Bonchev–Trinajstić information content (AvgIpc) is 3.10. The maximum absolute atomic E-state index is 6.60. The molecule has 4 rings (SSSR count). The van der Waals surface area contributed by atoms with Gasteiger partial charge in [0, 0.05) is 23.3 Å². The summed E-state index contributed by atoms with van der Waals surface area (Å²) in [6, 6.07) is 18.6. The van der Waals surface area contributed by atoms with Crippen molar-refractivity contribution in [3.05, 3.63) is 84.2 Å². The lowest BCUT2D eigenvalue weighted by atomic mass is 9.99. The van der Waals surface area contributed by atoms with Gasteiger partial charge in [-0.25, -0.2) is 4.99 Å². The largest absolute Gasteiger partial charge is 0.361 e. The first-order valence-electron chi connectivity index (χ1n) is 9.32. The van der Waals surface area contributed by atoms with E-state index in [1.54, 1.807) is 0 Å². The predicted molar refractivity (Wildman–Crippen MR) is 111 cm³/mol. The van der Waals surface area contributed by atoms with Crippen LogP contribution < -0.4 is 16.4 Å². The Morgan fingerprint density at radius 3 is 2.70 bits per heavy atom. The highest BCUT2D eigenvalue weighted by molar-refractivity contribution is 5.84. The number of guanidine groups is 1. The Balaban J connectivity index is 1.46. The van der Waals surface area contributed by atoms with Crippen molar-refractivity contribution in [2.75, 3.05) is 0 Å². The van der Waals surface area contributed by atoms with Crippen molar-refractivity contribution < 1.29 is 0 Å². The van der Waals surface area contributed by atoms with Crippen LogP contribution in [0.4, 0.5) is 0 Å². The van der Waals surface area contributed by atoms with E-state index in [-0.39, 0.29) is 6.04 Å². The zero-order valence-corrected chi connectivity index (χ0v) is 15.4. The van der Waals surface area contributed by atoms with Crippen molar-refractivity contribution in [1.29, 1.82) is 0 Å². The number of H-pyrrole nitrogens is 1. The van der Waals surface area contributed by atoms with Gasteiger partial charge in [0.15, 0.2) is 5.96 Å². The molecule has 2 atom stereocenters. The summed E-state index contributed by atoms with van der Waals surface area (Å²) in [6.07, 6.45) is 7.56. The number of hydrogen-bond acceptors (Lipinski definition) is 2. The smallest absolute Gasteiger partial charge is 0.197 e. The summed E-state index contributed by atoms with van der Waals surface area (Å²) in [5, 5.41) is 7.79. The van der Waals surface area contributed by atoms with E-state index in [4.69, 9.17) is 10.7 Å². The topological polar surface area (TPSA) is 78.2 Å². The normalized spacial score (nSPS) is 21.8. The van der Waals surface area contributed by atoms with Gasteiger partial charge < -0.3 is 21.4 Å². The first-order valence-corrected chi connectivity index (χ1v) is 9.32. The molecule has 1 aliphatic rings. The molecule has 138 valence electrons. The van der Waals surface area contributed by atoms with Gasteiger partial charge in [-0.1, -0.05) is 48.5 Å². The third-order valence-electron chi connectivity index (χ3n) is 5.04. The Morgan fingerprint density at radius 1 is 1.07 bits per heavy atom. The van der Waals surface area contributed by atoms with Crippen LogP contribution in [0.25, 0.3) is 10.9 Å². The number of nitrogens with one attached hydrogen (secondary N) is 3. The number of aliphatic imine (C=N–C) groups is 1. The molecule has 0 bridgehead atoms. The Bertz CT molecular complexity index is 973. The zero-order valence-electron chi connectivity index (χ0n) is 15.4. The van der Waals surface area contributed by atoms with E-state index < -0.39 is 5.66 Å². The standard InChI is InChI=1S/C22H25N5/c1-16(17-7-3-2-4-8-17)26-21-24-14-13-22(23,27-21)12-11-18-15-25-20-10-6-5-9-19(18)20/h2-10,13-16,25H,11-12,23H2,1H3,(H2,24,26,27). The summed E-state index contributed by atoms with van der Waals surface area (Å²) in [5.41, 5.74) is 9.58. The van der Waals surface area contributed by atoms with Gasteiger partial charge in [-0.2, -0.15) is 0 Å². The fourth-order valence-corrected chi connectivity index (χ4v) is 3.46. The Hall–Kier alpha value is -3.05. The SMILES string of the molecule is CC(N=C1NC=CC(N)(CCc2c[nH]c3ccccc23)N1)c1ccccc1. The molecule has 0 fully saturated rings. The van der Waals surface area contributed by atoms with E-state index in [0.717, 1.165) is 18.4 Å². The predicted octanol–water partition coefficient (Wildman–Crippen LogP) is 3.58. The van der Waals surface area contributed by atoms with E-state index >= 15 is 0 Å². The number of rotatable bonds is 5. The van der Waals surface area contributed by atoms with Gasteiger partial charge in [0.25, 0.3) is 0 Å². The van der Waals surface area contributed by atoms with Crippen molar-refractivity contribution in [3.63, 3.8) is 0 Å². The third-order valence-corrected chi connectivity index (χ3v) is 5.04. The van der Waals surface area contributed by atoms with E-state index in [9.17, 15) is 0 Å². The van der Waals surface area contributed by atoms with Gasteiger partial charge in [0.05, 0.1) is 6.04 Å². The van der Waals surface area contributed by atoms with E-state index in [1.807, 2.05) is 36.5 Å². The summed E-state index contributed by atoms with van der Waals surface area (Å²) >= 11 is 0. The molecular formula is C22H25N5. The highest BCUT2D eigenvalue weighted by atomic mass is 15.3. The molecule has 0 amide bonds. The molecule has 0 aliphatic carbocycles. The molecule has 5 heteroatoms. The lowest BCUT2D eigenvalue weighted by Crippen LogP contribution is -2.60. The minimum absolute atomic E-state index is 0.0468. The van der Waals surface area contributed by atoms with Gasteiger partial charge in [-0.05, 0) is 43.0 Å². The molecule has 0 saturated carbocycles. The molecule has 2 aromatic carbocycles. The van der Waals surface area contributed by atoms with E-state index in [2.05, 4.69) is 59.1 Å². The second kappa shape index (κ2) is 7.29. The van der Waals surface area contributed by atoms with Crippen molar-refractivity contribution in [1.82, 2.24) is 15.6 Å². The minimum atomic E-state index is -0.626. The Morgan fingerprint density at radius 2 is 1.85 bits per heavy atom. The molecule has 2 heterocycles. The fraction of sp³-hybridized carbons (Fsp3) is 0.227. The van der Waals surface area contributed by atoms with Crippen molar-refractivity contribution in [2.24, 2.45) is 10.7 Å². The summed E-state index contributed by atoms with van der Waals surface area (Å²) < 4.78 is 0. The molecule has 3 aromatic rings. The van der Waals surface area contributed by atoms with Crippen molar-refractivity contribution >= 4 is 16.9 Å². The number of nitrogens with two attached hydrogens (primary N) is 1. The van der Waals surface area contributed by atoms with Crippen LogP contribution in [-0.4, -0.2) is 16.6 Å². The van der Waals surface area contributed by atoms with Crippen molar-refractivity contribution in [3.8, 4) is 0 Å². The molecule has 2 unspecified atom stereocenters. The average molecular weight is 359 g/mol. The van der Waals surface area contributed by atoms with Crippen LogP contribution in [0.2, 0.25) is 0 Å². The van der Waals surface area contributed by atoms with Crippen LogP contribution in [0.5, 0.6) is 0 Å². The number of para-hydroxylation sites is 1. The van der Waals surface area contributed by atoms with Gasteiger partial charge >= 0.3 is 0 Å². The van der Waals surface area contributed by atoms with Crippen LogP contribution in [0, 0.1) is 0 Å². The third kappa shape index (κ3) is 3.88. The van der Waals surface area contributed by atoms with Gasteiger partial charge in [0.2, 0.25) is 0 Å². The molecule has 0 radical (unpaired) electrons. The number of aromatic amines is 1. The number of hydrogen-bond donors (Lipinski definition) is 4. The zero-order chi connectivity index (χ0) is 18.7. The van der Waals surface area contributed by atoms with Crippen LogP contribution in [0.3, 0.4) is 0 Å². The van der Waals surface area contributed by atoms with Crippen molar-refractivity contribution in [2.45, 2.75) is 31.5 Å². The number of nitrogens with zero attached hydrogens (tertiary/aromatic N) is 1. The first-order chi connectivity index (χ1) is 13.1. The quantitative estimate of drug-likeness (QED) is 0.562. The minimum Gasteiger partial charge on any atom is -0.361 e. The highest BCUT2D eigenvalue weighted by Gasteiger charge is 2.26. The molecule has 0 spiro atoms. The van der Waals surface area contributed by atoms with Crippen LogP contribution in [-0.2, 0) is 6.42 Å². The van der Waals surface area contributed by atoms with Gasteiger partial charge in [-0.15, -0.1) is 0 Å². The summed E-state index contributed by atoms with van der Waals surface area (Å²) in [7, 11) is 0. The maximum Gasteiger partial charge on any atom is 0.197 e. The molecule has 27 heavy (non-hydrogen) atoms. The highest BCUT2D eigenvalue weighted by Crippen LogP contribution is 2.22. The second-order valence-corrected chi connectivity index (χ2v) is 7.07. The van der Waals surface area contributed by atoms with E-state index in [1.165, 1.54) is 16.5 Å². The summed E-state index contributed by atoms with van der Waals surface area (Å²) in [4.78, 5) is 8.08. The van der Waals surface area contributed by atoms with E-state index in [0.29, 0.717) is 5.96 Å². The summed E-state index contributed by atoms with van der Waals surface area (Å²) in [5.74, 6) is 0.704. The molecule has 0 saturated heterocycles.